The van der Waals surface area contributed by atoms with E-state index in [1.807, 2.05) is 55.5 Å². The van der Waals surface area contributed by atoms with Crippen molar-refractivity contribution in [3.63, 3.8) is 0 Å². The summed E-state index contributed by atoms with van der Waals surface area (Å²) in [6, 6.07) is 21.5. The molecule has 0 aliphatic heterocycles. The van der Waals surface area contributed by atoms with Gasteiger partial charge in [-0.3, -0.25) is 9.59 Å². The predicted molar refractivity (Wildman–Crippen MR) is 182 cm³/mol. The van der Waals surface area contributed by atoms with Crippen LogP contribution in [0.15, 0.2) is 77.7 Å². The fourth-order valence-electron chi connectivity index (χ4n) is 4.28. The molecule has 14 heteroatoms. The van der Waals surface area contributed by atoms with Crippen molar-refractivity contribution in [2.24, 2.45) is 0 Å². The lowest BCUT2D eigenvalue weighted by molar-refractivity contribution is -0.115. The lowest BCUT2D eigenvalue weighted by Crippen LogP contribution is -2.19. The largest absolute Gasteiger partial charge is 0.494 e. The highest BCUT2D eigenvalue weighted by atomic mass is 35.5. The first-order valence-electron chi connectivity index (χ1n) is 13.1. The summed E-state index contributed by atoms with van der Waals surface area (Å²) in [7, 11) is 0. The van der Waals surface area contributed by atoms with Crippen molar-refractivity contribution in [3.8, 4) is 5.75 Å². The van der Waals surface area contributed by atoms with E-state index in [-0.39, 0.29) is 21.0 Å². The van der Waals surface area contributed by atoms with Crippen LogP contribution in [-0.4, -0.2) is 34.5 Å². The van der Waals surface area contributed by atoms with Crippen molar-refractivity contribution in [1.82, 2.24) is 4.98 Å². The van der Waals surface area contributed by atoms with Gasteiger partial charge in [0, 0.05) is 10.6 Å². The van der Waals surface area contributed by atoms with Crippen LogP contribution in [0.3, 0.4) is 0 Å². The smallest absolute Gasteiger partial charge is 0.338 e. The Hall–Kier alpha value is -3.51. The summed E-state index contributed by atoms with van der Waals surface area (Å²) >= 11 is 27.0. The van der Waals surface area contributed by atoms with E-state index in [4.69, 9.17) is 51.1 Å². The summed E-state index contributed by atoms with van der Waals surface area (Å²) in [5.74, 6) is -1.87. The van der Waals surface area contributed by atoms with Gasteiger partial charge in [0.05, 0.1) is 48.0 Å². The van der Waals surface area contributed by atoms with Crippen molar-refractivity contribution >= 4 is 108 Å². The maximum absolute atomic E-state index is 13.6. The Morgan fingerprint density at radius 1 is 0.889 bits per heavy atom. The molecule has 0 spiro atoms. The highest BCUT2D eigenvalue weighted by Crippen LogP contribution is 2.42. The Kier molecular flexibility index (Phi) is 10.4. The van der Waals surface area contributed by atoms with Gasteiger partial charge in [-0.05, 0) is 55.0 Å². The van der Waals surface area contributed by atoms with E-state index in [0.717, 1.165) is 26.4 Å². The van der Waals surface area contributed by atoms with Gasteiger partial charge < -0.3 is 20.5 Å². The number of ether oxygens (including phenoxy) is 1. The van der Waals surface area contributed by atoms with Gasteiger partial charge in [-0.1, -0.05) is 88.1 Å². The predicted octanol–water partition coefficient (Wildman–Crippen LogP) is 9.73. The number of hydrogen-bond acceptors (Lipinski definition) is 7. The number of fused-ring (bicyclic) bond motifs is 1. The maximum atomic E-state index is 13.6. The minimum absolute atomic E-state index is 0.239. The minimum Gasteiger partial charge on any atom is -0.494 e. The molecule has 0 bridgehead atoms. The van der Waals surface area contributed by atoms with Gasteiger partial charge in [0.2, 0.25) is 5.91 Å². The number of nitrogens with zero attached hydrogens (tertiary/aromatic N) is 1. The molecule has 8 nitrogen and oxygen atoms in total. The number of rotatable bonds is 10. The topological polar surface area (TPSA) is 118 Å². The lowest BCUT2D eigenvalue weighted by atomic mass is 10.1. The van der Waals surface area contributed by atoms with E-state index in [1.165, 1.54) is 23.1 Å². The third-order valence-corrected chi connectivity index (χ3v) is 10.3. The second kappa shape index (κ2) is 14.3. The van der Waals surface area contributed by atoms with Gasteiger partial charge in [0.25, 0.3) is 5.91 Å². The molecule has 1 atom stereocenters. The van der Waals surface area contributed by atoms with Crippen molar-refractivity contribution < 1.29 is 24.2 Å². The van der Waals surface area contributed by atoms with E-state index in [9.17, 15) is 19.5 Å². The molecule has 0 radical (unpaired) electrons. The SMILES string of the molecule is CCOc1ccc2nc(NC(=O)C(Sc3ccc(NC(=O)c4c(Cl)c(Cl)c(Cl)c(Cl)c4C(=O)O)cc3)c3ccccc3)sc2c1. The lowest BCUT2D eigenvalue weighted by Gasteiger charge is -2.17. The van der Waals surface area contributed by atoms with Crippen molar-refractivity contribution in [1.29, 1.82) is 0 Å². The van der Waals surface area contributed by atoms with E-state index in [0.29, 0.717) is 17.4 Å². The Bertz CT molecular complexity index is 1920. The first-order valence-corrected chi connectivity index (χ1v) is 16.3. The van der Waals surface area contributed by atoms with Gasteiger partial charge in [-0.15, -0.1) is 11.8 Å². The van der Waals surface area contributed by atoms with Crippen LogP contribution in [-0.2, 0) is 4.79 Å². The van der Waals surface area contributed by atoms with Crippen LogP contribution < -0.4 is 15.4 Å². The molecule has 0 fully saturated rings. The first-order chi connectivity index (χ1) is 21.6. The zero-order chi connectivity index (χ0) is 32.2. The molecule has 3 N–H and O–H groups in total. The van der Waals surface area contributed by atoms with Crippen LogP contribution in [0.2, 0.25) is 20.1 Å². The summed E-state index contributed by atoms with van der Waals surface area (Å²) < 4.78 is 6.46. The highest BCUT2D eigenvalue weighted by Gasteiger charge is 2.29. The second-order valence-corrected chi connectivity index (χ2v) is 13.0. The number of hydrogen-bond donors (Lipinski definition) is 3. The number of aromatic carboxylic acids is 1. The summed E-state index contributed by atoms with van der Waals surface area (Å²) in [4.78, 5) is 43.8. The third-order valence-electron chi connectivity index (χ3n) is 6.32. The van der Waals surface area contributed by atoms with Gasteiger partial charge >= 0.3 is 5.97 Å². The number of amides is 2. The fraction of sp³-hybridized carbons (Fsp3) is 0.0968. The van der Waals surface area contributed by atoms with Crippen molar-refractivity contribution in [2.75, 3.05) is 17.2 Å². The first kappa shape index (κ1) is 32.9. The molecule has 5 rings (SSSR count). The summed E-state index contributed by atoms with van der Waals surface area (Å²) in [6.07, 6.45) is 0. The quantitative estimate of drug-likeness (QED) is 0.0747. The number of aromatic nitrogens is 1. The fourth-order valence-corrected chi connectivity index (χ4v) is 7.22. The Morgan fingerprint density at radius 2 is 1.56 bits per heavy atom. The summed E-state index contributed by atoms with van der Waals surface area (Å²) in [5.41, 5.74) is 0.873. The molecule has 2 amide bonds. The zero-order valence-corrected chi connectivity index (χ0v) is 27.7. The molecule has 4 aromatic carbocycles. The number of carbonyl (C=O) groups excluding carboxylic acids is 2. The summed E-state index contributed by atoms with van der Waals surface area (Å²) in [5, 5.41) is 13.8. The molecule has 1 unspecified atom stereocenters. The number of halogens is 4. The summed E-state index contributed by atoms with van der Waals surface area (Å²) in [6.45, 7) is 2.46. The van der Waals surface area contributed by atoms with Crippen LogP contribution in [0.1, 0.15) is 38.5 Å². The van der Waals surface area contributed by atoms with Crippen LogP contribution >= 0.6 is 69.5 Å². The molecule has 230 valence electrons. The van der Waals surface area contributed by atoms with Crippen LogP contribution in [0.4, 0.5) is 10.8 Å². The molecular formula is C31H21Cl4N3O5S2. The van der Waals surface area contributed by atoms with Crippen LogP contribution in [0, 0.1) is 0 Å². The van der Waals surface area contributed by atoms with Gasteiger partial charge in [0.1, 0.15) is 11.0 Å². The van der Waals surface area contributed by atoms with E-state index < -0.39 is 33.3 Å². The highest BCUT2D eigenvalue weighted by molar-refractivity contribution is 8.00. The Balaban J connectivity index is 1.35. The molecule has 1 heterocycles. The maximum Gasteiger partial charge on any atom is 0.338 e. The van der Waals surface area contributed by atoms with E-state index in [2.05, 4.69) is 15.6 Å². The average molecular weight is 721 g/mol. The number of carboxylic acids is 1. The molecule has 0 aliphatic rings. The third kappa shape index (κ3) is 7.33. The molecule has 0 aliphatic carbocycles. The normalized spacial score (nSPS) is 11.7. The van der Waals surface area contributed by atoms with Crippen LogP contribution in [0.25, 0.3) is 10.2 Å². The minimum atomic E-state index is -1.50. The van der Waals surface area contributed by atoms with E-state index in [1.54, 1.807) is 24.3 Å². The Labute approximate surface area is 285 Å². The number of benzene rings is 4. The number of thiazole rings is 1. The standard InChI is InChI=1S/C31H21Cl4N3O5S2/c1-2-43-17-10-13-19-20(14-17)45-31(37-19)38-29(40)27(15-6-4-3-5-7-15)44-18-11-8-16(9-12-18)36-28(39)21-22(30(41)42)24(33)26(35)25(34)23(21)32/h3-14,27H,2H2,1H3,(H,36,39)(H,41,42)(H,37,38,40). The van der Waals surface area contributed by atoms with Gasteiger partial charge in [-0.25, -0.2) is 9.78 Å². The van der Waals surface area contributed by atoms with E-state index >= 15 is 0 Å². The molecular weight excluding hydrogens is 700 g/mol. The molecule has 0 saturated heterocycles. The number of anilines is 2. The van der Waals surface area contributed by atoms with Crippen LogP contribution in [0.5, 0.6) is 5.75 Å². The van der Waals surface area contributed by atoms with Gasteiger partial charge in [-0.2, -0.15) is 0 Å². The molecule has 0 saturated carbocycles. The van der Waals surface area contributed by atoms with Crippen molar-refractivity contribution in [3.05, 3.63) is 110 Å². The molecule has 1 aromatic heterocycles. The number of thioether (sulfide) groups is 1. The monoisotopic (exact) mass is 719 g/mol. The average Bonchev–Trinajstić information content (AvgIpc) is 3.43. The molecule has 45 heavy (non-hydrogen) atoms. The number of carbonyl (C=O) groups is 3. The number of nitrogens with one attached hydrogen (secondary N) is 2. The zero-order valence-electron chi connectivity index (χ0n) is 23.1. The molecule has 5 aromatic rings. The Morgan fingerprint density at radius 3 is 2.20 bits per heavy atom. The second-order valence-electron chi connectivity index (χ2n) is 9.27. The van der Waals surface area contributed by atoms with Crippen molar-refractivity contribution in [2.45, 2.75) is 17.1 Å². The van der Waals surface area contributed by atoms with Gasteiger partial charge in [0.15, 0.2) is 5.13 Å². The number of carboxylic acid groups (broad SMARTS) is 1.